The Morgan fingerprint density at radius 3 is 2.80 bits per heavy atom. The van der Waals surface area contributed by atoms with Gasteiger partial charge in [-0.15, -0.1) is 0 Å². The summed E-state index contributed by atoms with van der Waals surface area (Å²) in [5, 5.41) is 3.66. The van der Waals surface area contributed by atoms with Crippen molar-refractivity contribution in [2.24, 2.45) is 0 Å². The van der Waals surface area contributed by atoms with Gasteiger partial charge in [-0.2, -0.15) is 0 Å². The van der Waals surface area contributed by atoms with Gasteiger partial charge in [-0.1, -0.05) is 44.5 Å². The van der Waals surface area contributed by atoms with E-state index in [1.54, 1.807) is 5.01 Å². The van der Waals surface area contributed by atoms with Crippen molar-refractivity contribution in [3.8, 4) is 0 Å². The van der Waals surface area contributed by atoms with E-state index in [0.717, 1.165) is 42.6 Å². The molecule has 0 atom stereocenters. The number of carbonyl (C=O) groups is 1. The maximum atomic E-state index is 12.0. The smallest absolute Gasteiger partial charge is 0.428 e. The van der Waals surface area contributed by atoms with E-state index < -0.39 is 0 Å². The number of hydrazine groups is 1. The highest BCUT2D eigenvalue weighted by molar-refractivity contribution is 5.84. The number of fused-ring (bicyclic) bond motifs is 1. The van der Waals surface area contributed by atoms with Gasteiger partial charge in [0.1, 0.15) is 0 Å². The van der Waals surface area contributed by atoms with E-state index in [9.17, 15) is 4.79 Å². The average molecular weight is 274 g/mol. The fraction of sp³-hybridized carbons (Fsp3) is 0.438. The first-order valence-corrected chi connectivity index (χ1v) is 7.09. The molecule has 108 valence electrons. The van der Waals surface area contributed by atoms with E-state index in [1.807, 2.05) is 23.2 Å². The molecule has 1 aliphatic rings. The van der Waals surface area contributed by atoms with Gasteiger partial charge in [-0.25, -0.2) is 9.80 Å². The van der Waals surface area contributed by atoms with Crippen LogP contribution < -0.4 is 5.01 Å². The van der Waals surface area contributed by atoms with Gasteiger partial charge in [-0.05, 0) is 18.1 Å². The Morgan fingerprint density at radius 1 is 1.35 bits per heavy atom. The van der Waals surface area contributed by atoms with Gasteiger partial charge in [0.2, 0.25) is 0 Å². The minimum atomic E-state index is -0.336. The Morgan fingerprint density at radius 2 is 2.10 bits per heavy atom. The standard InChI is InChI=1S/C16H22N2O2/c1-4-5-8-11-17-15-10-7-6-9-14(15)13(2)12-18(17)16(19)20-3/h6-7,9-10H,2,4-5,8,11-12H2,1,3H3. The zero-order valence-electron chi connectivity index (χ0n) is 12.3. The summed E-state index contributed by atoms with van der Waals surface area (Å²) < 4.78 is 4.89. The van der Waals surface area contributed by atoms with Gasteiger partial charge in [0, 0.05) is 12.1 Å². The van der Waals surface area contributed by atoms with E-state index in [2.05, 4.69) is 19.6 Å². The number of amides is 1. The summed E-state index contributed by atoms with van der Waals surface area (Å²) in [6.07, 6.45) is 3.01. The van der Waals surface area contributed by atoms with Crippen molar-refractivity contribution in [2.75, 3.05) is 25.2 Å². The first-order chi connectivity index (χ1) is 9.69. The highest BCUT2D eigenvalue weighted by atomic mass is 16.5. The van der Waals surface area contributed by atoms with Crippen LogP contribution in [-0.2, 0) is 4.74 Å². The zero-order valence-corrected chi connectivity index (χ0v) is 12.3. The minimum absolute atomic E-state index is 0.336. The fourth-order valence-corrected chi connectivity index (χ4v) is 2.50. The Balaban J connectivity index is 2.30. The second-order valence-electron chi connectivity index (χ2n) is 4.98. The molecule has 1 amide bonds. The Labute approximate surface area is 120 Å². The molecule has 20 heavy (non-hydrogen) atoms. The molecule has 0 saturated heterocycles. The molecule has 1 heterocycles. The molecule has 0 unspecified atom stereocenters. The summed E-state index contributed by atoms with van der Waals surface area (Å²) in [4.78, 5) is 12.0. The first-order valence-electron chi connectivity index (χ1n) is 7.09. The summed E-state index contributed by atoms with van der Waals surface area (Å²) in [6.45, 7) is 7.54. The molecule has 1 aromatic rings. The molecule has 0 saturated carbocycles. The van der Waals surface area contributed by atoms with Gasteiger partial charge in [0.25, 0.3) is 0 Å². The normalized spacial score (nSPS) is 14.2. The molecule has 0 bridgehead atoms. The quantitative estimate of drug-likeness (QED) is 0.785. The van der Waals surface area contributed by atoms with Crippen LogP contribution >= 0.6 is 0 Å². The van der Waals surface area contributed by atoms with Crippen LogP contribution in [0.5, 0.6) is 0 Å². The predicted molar refractivity (Wildman–Crippen MR) is 81.5 cm³/mol. The number of carbonyl (C=O) groups excluding carboxylic acids is 1. The molecule has 4 nitrogen and oxygen atoms in total. The second kappa shape index (κ2) is 6.46. The SMILES string of the molecule is C=C1CN(C(=O)OC)N(CCCCC)c2ccccc21. The number of rotatable bonds is 4. The van der Waals surface area contributed by atoms with Gasteiger partial charge in [-0.3, -0.25) is 5.01 Å². The third kappa shape index (κ3) is 2.79. The van der Waals surface area contributed by atoms with E-state index >= 15 is 0 Å². The maximum absolute atomic E-state index is 12.0. The van der Waals surface area contributed by atoms with Crippen LogP contribution in [0.3, 0.4) is 0 Å². The fourth-order valence-electron chi connectivity index (χ4n) is 2.50. The van der Waals surface area contributed by atoms with Crippen molar-refractivity contribution in [2.45, 2.75) is 26.2 Å². The Hall–Kier alpha value is -1.97. The lowest BCUT2D eigenvalue weighted by atomic mass is 10.0. The number of hydrogen-bond acceptors (Lipinski definition) is 3. The second-order valence-corrected chi connectivity index (χ2v) is 4.98. The number of anilines is 1. The summed E-state index contributed by atoms with van der Waals surface area (Å²) in [7, 11) is 1.41. The number of benzene rings is 1. The van der Waals surface area contributed by atoms with Crippen molar-refractivity contribution in [3.63, 3.8) is 0 Å². The predicted octanol–water partition coefficient (Wildman–Crippen LogP) is 3.69. The van der Waals surface area contributed by atoms with Crippen molar-refractivity contribution >= 4 is 17.4 Å². The molecule has 0 fully saturated rings. The van der Waals surface area contributed by atoms with Crippen molar-refractivity contribution in [1.29, 1.82) is 0 Å². The van der Waals surface area contributed by atoms with Crippen molar-refractivity contribution < 1.29 is 9.53 Å². The number of para-hydroxylation sites is 1. The van der Waals surface area contributed by atoms with Crippen LogP contribution in [0.25, 0.3) is 5.57 Å². The van der Waals surface area contributed by atoms with Crippen LogP contribution in [-0.4, -0.2) is 31.3 Å². The largest absolute Gasteiger partial charge is 0.452 e. The summed E-state index contributed by atoms with van der Waals surface area (Å²) in [5.74, 6) is 0. The highest BCUT2D eigenvalue weighted by Gasteiger charge is 2.29. The van der Waals surface area contributed by atoms with Gasteiger partial charge < -0.3 is 4.74 Å². The molecule has 0 aliphatic carbocycles. The lowest BCUT2D eigenvalue weighted by Crippen LogP contribution is -2.50. The van der Waals surface area contributed by atoms with Gasteiger partial charge >= 0.3 is 6.09 Å². The van der Waals surface area contributed by atoms with Gasteiger partial charge in [0.05, 0.1) is 19.3 Å². The number of ether oxygens (including phenoxy) is 1. The summed E-state index contributed by atoms with van der Waals surface area (Å²) in [5.41, 5.74) is 3.09. The number of methoxy groups -OCH3 is 1. The lowest BCUT2D eigenvalue weighted by Gasteiger charge is -2.41. The molecule has 0 N–H and O–H groups in total. The number of unbranched alkanes of at least 4 members (excludes halogenated alkanes) is 2. The Bertz CT molecular complexity index is 499. The monoisotopic (exact) mass is 274 g/mol. The molecule has 0 spiro atoms. The maximum Gasteiger partial charge on any atom is 0.428 e. The lowest BCUT2D eigenvalue weighted by molar-refractivity contribution is 0.123. The van der Waals surface area contributed by atoms with Crippen LogP contribution in [0, 0.1) is 0 Å². The van der Waals surface area contributed by atoms with Crippen LogP contribution in [0.4, 0.5) is 10.5 Å². The van der Waals surface area contributed by atoms with Crippen LogP contribution in [0.15, 0.2) is 30.8 Å². The Kier molecular flexibility index (Phi) is 4.66. The topological polar surface area (TPSA) is 32.8 Å². The van der Waals surface area contributed by atoms with Crippen molar-refractivity contribution in [3.05, 3.63) is 36.4 Å². The molecule has 0 aromatic heterocycles. The molecule has 2 rings (SSSR count). The third-order valence-electron chi connectivity index (χ3n) is 3.55. The highest BCUT2D eigenvalue weighted by Crippen LogP contribution is 2.33. The zero-order chi connectivity index (χ0) is 14.5. The molecule has 1 aromatic carbocycles. The summed E-state index contributed by atoms with van der Waals surface area (Å²) in [6, 6.07) is 8.07. The number of hydrogen-bond donors (Lipinski definition) is 0. The average Bonchev–Trinajstić information content (AvgIpc) is 2.48. The van der Waals surface area contributed by atoms with E-state index in [-0.39, 0.29) is 6.09 Å². The molecular formula is C16H22N2O2. The summed E-state index contributed by atoms with van der Waals surface area (Å²) >= 11 is 0. The van der Waals surface area contributed by atoms with E-state index in [0.29, 0.717) is 6.54 Å². The molecule has 4 heteroatoms. The van der Waals surface area contributed by atoms with E-state index in [1.165, 1.54) is 7.11 Å². The molecular weight excluding hydrogens is 252 g/mol. The van der Waals surface area contributed by atoms with Crippen molar-refractivity contribution in [1.82, 2.24) is 5.01 Å². The van der Waals surface area contributed by atoms with Crippen LogP contribution in [0.1, 0.15) is 31.7 Å². The molecule has 1 aliphatic heterocycles. The van der Waals surface area contributed by atoms with E-state index in [4.69, 9.17) is 4.74 Å². The van der Waals surface area contributed by atoms with Gasteiger partial charge in [0.15, 0.2) is 0 Å². The minimum Gasteiger partial charge on any atom is -0.452 e. The first kappa shape index (κ1) is 14.4. The number of nitrogens with zero attached hydrogens (tertiary/aromatic N) is 2. The molecule has 0 radical (unpaired) electrons. The van der Waals surface area contributed by atoms with Crippen LogP contribution in [0.2, 0.25) is 0 Å². The third-order valence-corrected chi connectivity index (χ3v) is 3.55.